The highest BCUT2D eigenvalue weighted by Gasteiger charge is 2.36. The maximum Gasteiger partial charge on any atom is 0.341 e. The van der Waals surface area contributed by atoms with Crippen LogP contribution >= 0.6 is 24.8 Å². The van der Waals surface area contributed by atoms with Gasteiger partial charge in [-0.25, -0.2) is 13.6 Å². The minimum Gasteiger partial charge on any atom is -0.492 e. The fourth-order valence-electron chi connectivity index (χ4n) is 6.56. The molecule has 0 radical (unpaired) electrons. The largest absolute Gasteiger partial charge is 0.492 e. The van der Waals surface area contributed by atoms with Crippen LogP contribution in [-0.4, -0.2) is 84.3 Å². The van der Waals surface area contributed by atoms with Gasteiger partial charge in [-0.1, -0.05) is 6.42 Å². The fourth-order valence-corrected chi connectivity index (χ4v) is 6.56. The van der Waals surface area contributed by atoms with Gasteiger partial charge in [0.15, 0.2) is 11.6 Å². The lowest BCUT2D eigenvalue weighted by Crippen LogP contribution is -2.51. The third-order valence-corrected chi connectivity index (χ3v) is 9.10. The Labute approximate surface area is 289 Å². The lowest BCUT2D eigenvalue weighted by molar-refractivity contribution is -0.139. The molecular formula is C32H44Cl2F2N6O6. The van der Waals surface area contributed by atoms with Crippen molar-refractivity contribution in [2.45, 2.75) is 75.9 Å². The van der Waals surface area contributed by atoms with Gasteiger partial charge in [-0.05, 0) is 69.6 Å². The molecule has 48 heavy (non-hydrogen) atoms. The quantitative estimate of drug-likeness (QED) is 0.240. The molecule has 12 nitrogen and oxygen atoms in total. The molecule has 0 unspecified atom stereocenters. The Kier molecular flexibility index (Phi) is 13.6. The Morgan fingerprint density at radius 1 is 1.15 bits per heavy atom. The summed E-state index contributed by atoms with van der Waals surface area (Å²) in [5, 5.41) is 12.1. The number of carboxylic acids is 1. The summed E-state index contributed by atoms with van der Waals surface area (Å²) in [7, 11) is 1.35. The topological polar surface area (TPSA) is 173 Å². The molecule has 2 saturated heterocycles. The monoisotopic (exact) mass is 716 g/mol. The minimum absolute atomic E-state index is 0. The van der Waals surface area contributed by atoms with Crippen molar-refractivity contribution in [1.82, 2.24) is 14.8 Å². The van der Waals surface area contributed by atoms with Crippen molar-refractivity contribution in [2.75, 3.05) is 44.7 Å². The molecule has 2 aromatic rings. The average molecular weight is 718 g/mol. The normalized spacial score (nSPS) is 19.3. The van der Waals surface area contributed by atoms with Crippen LogP contribution in [0, 0.1) is 5.82 Å². The van der Waals surface area contributed by atoms with Gasteiger partial charge in [0.1, 0.15) is 23.1 Å². The number of rotatable bonds is 12. The number of fused-ring (bicyclic) bond motifs is 1. The van der Waals surface area contributed by atoms with E-state index in [1.165, 1.54) is 18.2 Å². The van der Waals surface area contributed by atoms with E-state index in [2.05, 4.69) is 5.32 Å². The molecule has 2 amide bonds. The first-order chi connectivity index (χ1) is 22.1. The van der Waals surface area contributed by atoms with Gasteiger partial charge in [0.2, 0.25) is 17.2 Å². The number of pyridine rings is 1. The van der Waals surface area contributed by atoms with Gasteiger partial charge in [-0.15, -0.1) is 24.8 Å². The maximum absolute atomic E-state index is 15.8. The fraction of sp³-hybridized carbons (Fsp3) is 0.562. The van der Waals surface area contributed by atoms with Crippen LogP contribution in [0.1, 0.15) is 74.2 Å². The molecule has 2 atom stereocenters. The highest BCUT2D eigenvalue weighted by atomic mass is 35.5. The Morgan fingerprint density at radius 2 is 1.88 bits per heavy atom. The van der Waals surface area contributed by atoms with Gasteiger partial charge < -0.3 is 41.0 Å². The summed E-state index contributed by atoms with van der Waals surface area (Å²) in [6.07, 6.45) is 6.77. The smallest absolute Gasteiger partial charge is 0.341 e. The van der Waals surface area contributed by atoms with Gasteiger partial charge in [0.25, 0.3) is 0 Å². The van der Waals surface area contributed by atoms with Crippen LogP contribution in [0.4, 0.5) is 14.5 Å². The zero-order chi connectivity index (χ0) is 33.1. The number of carbonyl (C=O) groups excluding carboxylic acids is 2. The summed E-state index contributed by atoms with van der Waals surface area (Å²) in [6, 6.07) is -0.467. The van der Waals surface area contributed by atoms with E-state index in [9.17, 15) is 24.3 Å². The van der Waals surface area contributed by atoms with E-state index >= 15 is 8.78 Å². The molecule has 3 aliphatic rings. The van der Waals surface area contributed by atoms with E-state index in [0.717, 1.165) is 25.3 Å². The number of likely N-dealkylation sites (tertiary alicyclic amines) is 1. The van der Waals surface area contributed by atoms with Crippen LogP contribution in [0.3, 0.4) is 0 Å². The van der Waals surface area contributed by atoms with Gasteiger partial charge in [0, 0.05) is 31.9 Å². The lowest BCUT2D eigenvalue weighted by Gasteiger charge is -2.33. The first-order valence-corrected chi connectivity index (χ1v) is 15.9. The molecule has 3 fully saturated rings. The number of methoxy groups -OCH3 is 1. The number of hydrogen-bond acceptors (Lipinski definition) is 8. The molecule has 5 rings (SSSR count). The molecule has 16 heteroatoms. The lowest BCUT2D eigenvalue weighted by atomic mass is 10.0. The van der Waals surface area contributed by atoms with E-state index in [0.29, 0.717) is 69.2 Å². The van der Waals surface area contributed by atoms with Crippen LogP contribution in [-0.2, 0) is 9.59 Å². The second-order valence-corrected chi connectivity index (χ2v) is 12.3. The SMILES string of the molecule is COc1c(N2CCCC(=C(F)CNC(=O)[C@@H]3CCCN3C(=O)[C@@H](N)CCCCN)C2)c(F)cc2c(=O)c(C(=O)O)cn(C3CC3)c12.Cl.Cl. The van der Waals surface area contributed by atoms with Crippen LogP contribution < -0.4 is 31.8 Å². The summed E-state index contributed by atoms with van der Waals surface area (Å²) in [5.74, 6) is -3.40. The van der Waals surface area contributed by atoms with E-state index < -0.39 is 46.6 Å². The molecule has 3 heterocycles. The summed E-state index contributed by atoms with van der Waals surface area (Å²) >= 11 is 0. The van der Waals surface area contributed by atoms with Crippen molar-refractivity contribution in [3.05, 3.63) is 45.3 Å². The summed E-state index contributed by atoms with van der Waals surface area (Å²) < 4.78 is 38.7. The van der Waals surface area contributed by atoms with Crippen molar-refractivity contribution in [1.29, 1.82) is 0 Å². The number of aromatic nitrogens is 1. The number of carboxylic acid groups (broad SMARTS) is 1. The zero-order valence-corrected chi connectivity index (χ0v) is 28.5. The molecule has 2 aliphatic heterocycles. The van der Waals surface area contributed by atoms with Crippen LogP contribution in [0.5, 0.6) is 5.75 Å². The van der Waals surface area contributed by atoms with E-state index in [1.807, 2.05) is 0 Å². The summed E-state index contributed by atoms with van der Waals surface area (Å²) in [4.78, 5) is 53.9. The summed E-state index contributed by atoms with van der Waals surface area (Å²) in [5.41, 5.74) is 11.1. The molecule has 1 saturated carbocycles. The number of carbonyl (C=O) groups is 3. The number of unbranched alkanes of at least 4 members (excludes halogenated alkanes) is 1. The number of benzene rings is 1. The molecule has 266 valence electrons. The van der Waals surface area contributed by atoms with E-state index in [1.54, 1.807) is 9.47 Å². The number of nitrogens with one attached hydrogen (secondary N) is 1. The van der Waals surface area contributed by atoms with Gasteiger partial charge in [-0.2, -0.15) is 0 Å². The third kappa shape index (κ3) is 8.04. The number of halogens is 4. The number of aromatic carboxylic acids is 1. The second-order valence-electron chi connectivity index (χ2n) is 12.3. The average Bonchev–Trinajstić information content (AvgIpc) is 3.77. The number of nitrogens with two attached hydrogens (primary N) is 2. The van der Waals surface area contributed by atoms with Gasteiger partial charge >= 0.3 is 5.97 Å². The zero-order valence-electron chi connectivity index (χ0n) is 26.8. The van der Waals surface area contributed by atoms with Gasteiger partial charge in [-0.3, -0.25) is 14.4 Å². The van der Waals surface area contributed by atoms with Crippen molar-refractivity contribution in [2.24, 2.45) is 11.5 Å². The number of ether oxygens (including phenoxy) is 1. The van der Waals surface area contributed by atoms with E-state index in [-0.39, 0.29) is 66.7 Å². The molecule has 1 aliphatic carbocycles. The molecule has 6 N–H and O–H groups in total. The van der Waals surface area contributed by atoms with Crippen LogP contribution in [0.25, 0.3) is 10.9 Å². The van der Waals surface area contributed by atoms with Crippen LogP contribution in [0.2, 0.25) is 0 Å². The highest BCUT2D eigenvalue weighted by molar-refractivity contribution is 5.97. The molecule has 0 bridgehead atoms. The van der Waals surface area contributed by atoms with Gasteiger partial charge in [0.05, 0.1) is 30.6 Å². The Bertz CT molecular complexity index is 1620. The number of anilines is 1. The van der Waals surface area contributed by atoms with Crippen molar-refractivity contribution in [3.8, 4) is 5.75 Å². The molecule has 1 aromatic carbocycles. The number of hydrogen-bond donors (Lipinski definition) is 4. The summed E-state index contributed by atoms with van der Waals surface area (Å²) in [6.45, 7) is 0.947. The Morgan fingerprint density at radius 3 is 2.52 bits per heavy atom. The van der Waals surface area contributed by atoms with Crippen molar-refractivity contribution >= 4 is 59.2 Å². The third-order valence-electron chi connectivity index (χ3n) is 9.10. The molecular weight excluding hydrogens is 673 g/mol. The van der Waals surface area contributed by atoms with Crippen LogP contribution in [0.15, 0.2) is 28.5 Å². The molecule has 1 aromatic heterocycles. The Balaban J connectivity index is 0.00000312. The second kappa shape index (κ2) is 16.8. The van der Waals surface area contributed by atoms with Crippen molar-refractivity contribution < 1.29 is 33.0 Å². The number of piperidine rings is 1. The standard InChI is InChI=1S/C32H42F2N6O6.2ClH/c1-46-29-26-20(28(41)21(32(44)45)17-40(26)19-9-10-19)14-22(33)27(29)38-12-4-6-18(16-38)23(34)15-37-30(42)25-8-5-13-39(25)31(43)24(36)7-2-3-11-35;;/h14,17,19,24-25H,2-13,15-16,35-36H2,1H3,(H,37,42)(H,44,45);2*1H/t24-,25-;;/m0../s1. The predicted molar refractivity (Wildman–Crippen MR) is 183 cm³/mol. The minimum atomic E-state index is -1.40. The maximum atomic E-state index is 15.8. The first kappa shape index (κ1) is 39.0. The van der Waals surface area contributed by atoms with E-state index in [4.69, 9.17) is 16.2 Å². The van der Waals surface area contributed by atoms with Crippen molar-refractivity contribution in [3.63, 3.8) is 0 Å². The number of amides is 2. The predicted octanol–water partition coefficient (Wildman–Crippen LogP) is 3.41. The Hall–Kier alpha value is -3.46. The first-order valence-electron chi connectivity index (χ1n) is 15.9. The highest BCUT2D eigenvalue weighted by Crippen LogP contribution is 2.44. The number of nitrogens with zero attached hydrogens (tertiary/aromatic N) is 3. The molecule has 0 spiro atoms.